The summed E-state index contributed by atoms with van der Waals surface area (Å²) >= 11 is 1.75. The van der Waals surface area contributed by atoms with Crippen molar-refractivity contribution in [3.8, 4) is 0 Å². The van der Waals surface area contributed by atoms with E-state index in [-0.39, 0.29) is 12.5 Å². The molecule has 0 saturated carbocycles. The van der Waals surface area contributed by atoms with Gasteiger partial charge in [-0.05, 0) is 41.9 Å². The number of aliphatic hydroxyl groups is 1. The first-order valence-electron chi connectivity index (χ1n) is 6.07. The lowest BCUT2D eigenvalue weighted by atomic mass is 9.93. The maximum Gasteiger partial charge on any atom is 0.0514 e. The van der Waals surface area contributed by atoms with Gasteiger partial charge in [-0.15, -0.1) is 11.3 Å². The molecule has 0 fully saturated rings. The minimum absolute atomic E-state index is 0.168. The molecule has 0 saturated heterocycles. The van der Waals surface area contributed by atoms with E-state index < -0.39 is 0 Å². The molecular weight excluding hydrogens is 230 g/mol. The fourth-order valence-electron chi connectivity index (χ4n) is 2.22. The van der Waals surface area contributed by atoms with Crippen molar-refractivity contribution in [2.75, 3.05) is 13.2 Å². The second-order valence-corrected chi connectivity index (χ2v) is 5.30. The van der Waals surface area contributed by atoms with Crippen molar-refractivity contribution in [2.24, 2.45) is 0 Å². The monoisotopic (exact) mass is 249 g/mol. The SMILES string of the molecule is CCNC(C)C(CO)c1ccc2ccsc2c1. The van der Waals surface area contributed by atoms with Gasteiger partial charge in [0.2, 0.25) is 0 Å². The van der Waals surface area contributed by atoms with Crippen LogP contribution in [0.5, 0.6) is 0 Å². The number of likely N-dealkylation sites (N-methyl/N-ethyl adjacent to an activating group) is 1. The van der Waals surface area contributed by atoms with Gasteiger partial charge in [-0.3, -0.25) is 0 Å². The van der Waals surface area contributed by atoms with Gasteiger partial charge in [0.15, 0.2) is 0 Å². The highest BCUT2D eigenvalue weighted by molar-refractivity contribution is 7.17. The van der Waals surface area contributed by atoms with Crippen LogP contribution in [0, 0.1) is 0 Å². The smallest absolute Gasteiger partial charge is 0.0514 e. The molecule has 0 aliphatic heterocycles. The molecule has 0 aliphatic carbocycles. The molecule has 2 aromatic rings. The van der Waals surface area contributed by atoms with Crippen molar-refractivity contribution >= 4 is 21.4 Å². The largest absolute Gasteiger partial charge is 0.396 e. The van der Waals surface area contributed by atoms with E-state index in [1.807, 2.05) is 0 Å². The van der Waals surface area contributed by atoms with Crippen molar-refractivity contribution in [2.45, 2.75) is 25.8 Å². The quantitative estimate of drug-likeness (QED) is 0.854. The van der Waals surface area contributed by atoms with Crippen LogP contribution < -0.4 is 5.32 Å². The summed E-state index contributed by atoms with van der Waals surface area (Å²) in [6.07, 6.45) is 0. The summed E-state index contributed by atoms with van der Waals surface area (Å²) < 4.78 is 1.30. The molecule has 2 nitrogen and oxygen atoms in total. The molecule has 92 valence electrons. The van der Waals surface area contributed by atoms with Gasteiger partial charge in [-0.2, -0.15) is 0 Å². The van der Waals surface area contributed by atoms with E-state index in [2.05, 4.69) is 48.8 Å². The van der Waals surface area contributed by atoms with Gasteiger partial charge in [-0.25, -0.2) is 0 Å². The van der Waals surface area contributed by atoms with Crippen LogP contribution in [0.25, 0.3) is 10.1 Å². The Hall–Kier alpha value is -0.900. The summed E-state index contributed by atoms with van der Waals surface area (Å²) in [5.41, 5.74) is 1.22. The molecule has 2 rings (SSSR count). The number of hydrogen-bond acceptors (Lipinski definition) is 3. The molecule has 1 aromatic heterocycles. The molecule has 1 aromatic carbocycles. The molecule has 17 heavy (non-hydrogen) atoms. The number of benzene rings is 1. The van der Waals surface area contributed by atoms with E-state index in [4.69, 9.17) is 0 Å². The van der Waals surface area contributed by atoms with Gasteiger partial charge in [0.25, 0.3) is 0 Å². The van der Waals surface area contributed by atoms with E-state index >= 15 is 0 Å². The van der Waals surface area contributed by atoms with Crippen LogP contribution in [-0.2, 0) is 0 Å². The Morgan fingerprint density at radius 2 is 2.18 bits per heavy atom. The Morgan fingerprint density at radius 3 is 2.88 bits per heavy atom. The van der Waals surface area contributed by atoms with Gasteiger partial charge in [0.1, 0.15) is 0 Å². The average molecular weight is 249 g/mol. The Kier molecular flexibility index (Phi) is 4.15. The number of rotatable bonds is 5. The Labute approximate surface area is 106 Å². The van der Waals surface area contributed by atoms with Crippen molar-refractivity contribution < 1.29 is 5.11 Å². The zero-order chi connectivity index (χ0) is 12.3. The van der Waals surface area contributed by atoms with Crippen molar-refractivity contribution in [3.63, 3.8) is 0 Å². The first-order valence-corrected chi connectivity index (χ1v) is 6.95. The predicted octanol–water partition coefficient (Wildman–Crippen LogP) is 2.98. The van der Waals surface area contributed by atoms with Crippen LogP contribution in [0.1, 0.15) is 25.3 Å². The van der Waals surface area contributed by atoms with Gasteiger partial charge in [0, 0.05) is 16.7 Å². The fraction of sp³-hybridized carbons (Fsp3) is 0.429. The molecule has 2 atom stereocenters. The van der Waals surface area contributed by atoms with Crippen LogP contribution >= 0.6 is 11.3 Å². The minimum Gasteiger partial charge on any atom is -0.396 e. The second kappa shape index (κ2) is 5.63. The van der Waals surface area contributed by atoms with Crippen molar-refractivity contribution in [1.82, 2.24) is 5.32 Å². The summed E-state index contributed by atoms with van der Waals surface area (Å²) in [4.78, 5) is 0. The molecule has 2 unspecified atom stereocenters. The van der Waals surface area contributed by atoms with E-state index in [1.165, 1.54) is 15.6 Å². The van der Waals surface area contributed by atoms with Crippen molar-refractivity contribution in [3.05, 3.63) is 35.2 Å². The molecular formula is C14H19NOS. The summed E-state index contributed by atoms with van der Waals surface area (Å²) in [6, 6.07) is 8.90. The lowest BCUT2D eigenvalue weighted by Gasteiger charge is -2.23. The highest BCUT2D eigenvalue weighted by atomic mass is 32.1. The molecule has 0 radical (unpaired) electrons. The molecule has 0 aliphatic rings. The van der Waals surface area contributed by atoms with E-state index in [0.29, 0.717) is 6.04 Å². The molecule has 0 spiro atoms. The maximum absolute atomic E-state index is 9.56. The maximum atomic E-state index is 9.56. The van der Waals surface area contributed by atoms with Gasteiger partial charge >= 0.3 is 0 Å². The van der Waals surface area contributed by atoms with Crippen molar-refractivity contribution in [1.29, 1.82) is 0 Å². The zero-order valence-electron chi connectivity index (χ0n) is 10.3. The Balaban J connectivity index is 2.28. The van der Waals surface area contributed by atoms with Crippen LogP contribution in [0.15, 0.2) is 29.6 Å². The van der Waals surface area contributed by atoms with Gasteiger partial charge in [-0.1, -0.05) is 19.1 Å². The molecule has 0 bridgehead atoms. The van der Waals surface area contributed by atoms with Crippen LogP contribution in [0.4, 0.5) is 0 Å². The summed E-state index contributed by atoms with van der Waals surface area (Å²) in [6.45, 7) is 5.33. The lowest BCUT2D eigenvalue weighted by Crippen LogP contribution is -2.33. The molecule has 0 amide bonds. The van der Waals surface area contributed by atoms with Crippen LogP contribution in [0.3, 0.4) is 0 Å². The third-order valence-corrected chi connectivity index (χ3v) is 4.11. The van der Waals surface area contributed by atoms with Gasteiger partial charge < -0.3 is 10.4 Å². The minimum atomic E-state index is 0.168. The Morgan fingerprint density at radius 1 is 1.35 bits per heavy atom. The molecule has 1 heterocycles. The number of nitrogens with one attached hydrogen (secondary N) is 1. The number of aliphatic hydroxyl groups excluding tert-OH is 1. The molecule has 3 heteroatoms. The number of fused-ring (bicyclic) bond motifs is 1. The van der Waals surface area contributed by atoms with E-state index in [9.17, 15) is 5.11 Å². The summed E-state index contributed by atoms with van der Waals surface area (Å²) in [7, 11) is 0. The average Bonchev–Trinajstić information content (AvgIpc) is 2.77. The lowest BCUT2D eigenvalue weighted by molar-refractivity contribution is 0.241. The predicted molar refractivity (Wildman–Crippen MR) is 74.8 cm³/mol. The van der Waals surface area contributed by atoms with E-state index in [0.717, 1.165) is 6.54 Å². The zero-order valence-corrected chi connectivity index (χ0v) is 11.1. The second-order valence-electron chi connectivity index (χ2n) is 4.35. The van der Waals surface area contributed by atoms with Crippen LogP contribution in [0.2, 0.25) is 0 Å². The number of hydrogen-bond donors (Lipinski definition) is 2. The van der Waals surface area contributed by atoms with Gasteiger partial charge in [0.05, 0.1) is 6.61 Å². The first-order chi connectivity index (χ1) is 8.26. The topological polar surface area (TPSA) is 32.3 Å². The number of thiophene rings is 1. The Bertz CT molecular complexity index is 480. The normalized spacial score (nSPS) is 15.0. The third-order valence-electron chi connectivity index (χ3n) is 3.23. The summed E-state index contributed by atoms with van der Waals surface area (Å²) in [5.74, 6) is 0.168. The van der Waals surface area contributed by atoms with E-state index in [1.54, 1.807) is 11.3 Å². The summed E-state index contributed by atoms with van der Waals surface area (Å²) in [5, 5.41) is 16.3. The highest BCUT2D eigenvalue weighted by Gasteiger charge is 2.17. The fourth-order valence-corrected chi connectivity index (χ4v) is 3.06. The third kappa shape index (κ3) is 2.68. The van der Waals surface area contributed by atoms with Crippen LogP contribution in [-0.4, -0.2) is 24.3 Å². The molecule has 2 N–H and O–H groups in total. The standard InChI is InChI=1S/C14H19NOS/c1-3-15-10(2)13(9-16)12-5-4-11-6-7-17-14(11)8-12/h4-8,10,13,15-16H,3,9H2,1-2H3. The highest BCUT2D eigenvalue weighted by Crippen LogP contribution is 2.27. The first kappa shape index (κ1) is 12.6.